The topological polar surface area (TPSA) is 48.1 Å². The molecule has 0 aromatic rings. The molecule has 5 heteroatoms. The summed E-state index contributed by atoms with van der Waals surface area (Å²) in [5.74, 6) is 0. The third kappa shape index (κ3) is 1.46. The van der Waals surface area contributed by atoms with Gasteiger partial charge in [0.1, 0.15) is 0 Å². The highest BCUT2D eigenvalue weighted by Gasteiger charge is 2.68. The maximum absolute atomic E-state index is 12.1. The van der Waals surface area contributed by atoms with E-state index in [1.54, 1.807) is 0 Å². The fraction of sp³-hybridized carbons (Fsp3) is 1.00. The minimum atomic E-state index is -3.12. The van der Waals surface area contributed by atoms with Crippen molar-refractivity contribution >= 4 is 7.60 Å². The van der Waals surface area contributed by atoms with Gasteiger partial charge >= 0.3 is 7.60 Å². The predicted molar refractivity (Wildman–Crippen MR) is 49.8 cm³/mol. The van der Waals surface area contributed by atoms with Crippen molar-refractivity contribution in [3.63, 3.8) is 0 Å². The van der Waals surface area contributed by atoms with Gasteiger partial charge < -0.3 is 13.8 Å². The van der Waals surface area contributed by atoms with Crippen LogP contribution in [0.25, 0.3) is 0 Å². The molecule has 1 heterocycles. The van der Waals surface area contributed by atoms with Gasteiger partial charge in [0.2, 0.25) is 0 Å². The second-order valence-electron chi connectivity index (χ2n) is 4.19. The third-order valence-electron chi connectivity index (χ3n) is 2.51. The quantitative estimate of drug-likeness (QED) is 0.527. The molecule has 1 aliphatic rings. The van der Waals surface area contributed by atoms with Gasteiger partial charge in [-0.3, -0.25) is 4.57 Å². The molecule has 78 valence electrons. The molecule has 0 amide bonds. The van der Waals surface area contributed by atoms with Crippen LogP contribution in [0.5, 0.6) is 0 Å². The number of ether oxygens (including phenoxy) is 1. The smallest absolute Gasteiger partial charge is 0.356 e. The summed E-state index contributed by atoms with van der Waals surface area (Å²) in [5, 5.41) is -0.747. The molecule has 1 atom stereocenters. The van der Waals surface area contributed by atoms with Gasteiger partial charge in [-0.05, 0) is 0 Å². The first kappa shape index (κ1) is 11.2. The van der Waals surface area contributed by atoms with Gasteiger partial charge in [-0.1, -0.05) is 20.8 Å². The Kier molecular flexibility index (Phi) is 2.63. The van der Waals surface area contributed by atoms with Crippen molar-refractivity contribution in [1.29, 1.82) is 0 Å². The zero-order valence-corrected chi connectivity index (χ0v) is 9.68. The van der Waals surface area contributed by atoms with E-state index in [-0.39, 0.29) is 5.41 Å². The summed E-state index contributed by atoms with van der Waals surface area (Å²) in [7, 11) is -0.340. The highest BCUT2D eigenvalue weighted by atomic mass is 31.2. The minimum absolute atomic E-state index is 0.242. The van der Waals surface area contributed by atoms with Gasteiger partial charge in [-0.2, -0.15) is 0 Å². The summed E-state index contributed by atoms with van der Waals surface area (Å²) in [6.45, 7) is 6.33. The van der Waals surface area contributed by atoms with Crippen LogP contribution in [-0.4, -0.2) is 26.2 Å². The largest absolute Gasteiger partial charge is 0.364 e. The Balaban J connectivity index is 2.99. The molecule has 1 rings (SSSR count). The molecule has 0 saturated carbocycles. The van der Waals surface area contributed by atoms with E-state index in [2.05, 4.69) is 0 Å². The molecular formula is C8H17O4P. The zero-order chi connectivity index (χ0) is 10.3. The lowest BCUT2D eigenvalue weighted by molar-refractivity contribution is 0.162. The Morgan fingerprint density at radius 2 is 1.69 bits per heavy atom. The Hall–Kier alpha value is 0.110. The molecule has 0 radical (unpaired) electrons. The summed E-state index contributed by atoms with van der Waals surface area (Å²) >= 11 is 0. The van der Waals surface area contributed by atoms with E-state index in [1.165, 1.54) is 14.2 Å². The monoisotopic (exact) mass is 208 g/mol. The molecule has 1 aliphatic heterocycles. The van der Waals surface area contributed by atoms with Crippen LogP contribution >= 0.6 is 7.60 Å². The van der Waals surface area contributed by atoms with Crippen LogP contribution in [0.1, 0.15) is 20.8 Å². The van der Waals surface area contributed by atoms with Gasteiger partial charge in [0.05, 0.1) is 6.61 Å². The van der Waals surface area contributed by atoms with Gasteiger partial charge in [-0.15, -0.1) is 0 Å². The number of hydrogen-bond donors (Lipinski definition) is 0. The van der Waals surface area contributed by atoms with Crippen LogP contribution in [0, 0.1) is 5.41 Å². The van der Waals surface area contributed by atoms with Crippen molar-refractivity contribution in [2.24, 2.45) is 5.41 Å². The molecule has 0 aromatic carbocycles. The summed E-state index contributed by atoms with van der Waals surface area (Å²) in [6, 6.07) is 0. The summed E-state index contributed by atoms with van der Waals surface area (Å²) in [4.78, 5) is 0. The van der Waals surface area contributed by atoms with Crippen molar-refractivity contribution < 1.29 is 18.3 Å². The standard InChI is InChI=1S/C8H17O4P/c1-7(2,3)8(6-12-8)13(9,10-4)11-5/h6H2,1-5H3. The zero-order valence-electron chi connectivity index (χ0n) is 8.79. The van der Waals surface area contributed by atoms with Crippen molar-refractivity contribution in [2.45, 2.75) is 26.1 Å². The maximum atomic E-state index is 12.1. The molecule has 1 saturated heterocycles. The highest BCUT2D eigenvalue weighted by Crippen LogP contribution is 2.71. The molecule has 1 fully saturated rings. The van der Waals surface area contributed by atoms with Crippen LogP contribution in [0.4, 0.5) is 0 Å². The number of epoxide rings is 1. The molecule has 0 N–H and O–H groups in total. The lowest BCUT2D eigenvalue weighted by Crippen LogP contribution is -2.31. The number of rotatable bonds is 3. The lowest BCUT2D eigenvalue weighted by atomic mass is 9.92. The van der Waals surface area contributed by atoms with Crippen molar-refractivity contribution in [1.82, 2.24) is 0 Å². The molecule has 4 nitrogen and oxygen atoms in total. The first-order valence-electron chi connectivity index (χ1n) is 4.18. The Morgan fingerprint density at radius 3 is 1.77 bits per heavy atom. The fourth-order valence-electron chi connectivity index (χ4n) is 1.44. The normalized spacial score (nSPS) is 29.0. The minimum Gasteiger partial charge on any atom is -0.356 e. The molecule has 0 bridgehead atoms. The van der Waals surface area contributed by atoms with Crippen LogP contribution in [0.15, 0.2) is 0 Å². The second-order valence-corrected chi connectivity index (χ2v) is 6.63. The Bertz CT molecular complexity index is 231. The first-order chi connectivity index (χ1) is 5.83. The van der Waals surface area contributed by atoms with E-state index in [1.807, 2.05) is 20.8 Å². The SMILES string of the molecule is COP(=O)(OC)C1(C(C)(C)C)CO1. The third-order valence-corrected chi connectivity index (χ3v) is 5.29. The van der Waals surface area contributed by atoms with Crippen molar-refractivity contribution in [2.75, 3.05) is 20.8 Å². The van der Waals surface area contributed by atoms with Crippen molar-refractivity contribution in [3.05, 3.63) is 0 Å². The Labute approximate surface area is 79.1 Å². The maximum Gasteiger partial charge on any atom is 0.364 e. The van der Waals surface area contributed by atoms with Crippen LogP contribution < -0.4 is 0 Å². The van der Waals surface area contributed by atoms with E-state index in [9.17, 15) is 4.57 Å². The van der Waals surface area contributed by atoms with Gasteiger partial charge in [0.15, 0.2) is 5.34 Å². The lowest BCUT2D eigenvalue weighted by Gasteiger charge is -2.31. The fourth-order valence-corrected chi connectivity index (χ4v) is 3.38. The Morgan fingerprint density at radius 1 is 1.31 bits per heavy atom. The van der Waals surface area contributed by atoms with Gasteiger partial charge in [0, 0.05) is 19.6 Å². The van der Waals surface area contributed by atoms with E-state index in [0.717, 1.165) is 0 Å². The molecule has 0 aromatic heterocycles. The van der Waals surface area contributed by atoms with Crippen LogP contribution in [0.2, 0.25) is 0 Å². The van der Waals surface area contributed by atoms with E-state index in [4.69, 9.17) is 13.8 Å². The van der Waals surface area contributed by atoms with E-state index >= 15 is 0 Å². The molecule has 13 heavy (non-hydrogen) atoms. The highest BCUT2D eigenvalue weighted by molar-refractivity contribution is 7.55. The summed E-state index contributed by atoms with van der Waals surface area (Å²) < 4.78 is 27.3. The van der Waals surface area contributed by atoms with Crippen molar-refractivity contribution in [3.8, 4) is 0 Å². The molecular weight excluding hydrogens is 191 g/mol. The summed E-state index contributed by atoms with van der Waals surface area (Å²) in [5.41, 5.74) is -0.242. The first-order valence-corrected chi connectivity index (χ1v) is 5.73. The predicted octanol–water partition coefficient (Wildman–Crippen LogP) is 2.24. The molecule has 0 aliphatic carbocycles. The van der Waals surface area contributed by atoms with Crippen LogP contribution in [-0.2, 0) is 18.3 Å². The second kappa shape index (κ2) is 3.06. The average molecular weight is 208 g/mol. The summed E-state index contributed by atoms with van der Waals surface area (Å²) in [6.07, 6.45) is 0. The van der Waals surface area contributed by atoms with E-state index in [0.29, 0.717) is 6.61 Å². The van der Waals surface area contributed by atoms with Gasteiger partial charge in [-0.25, -0.2) is 0 Å². The average Bonchev–Trinajstić information content (AvgIpc) is 2.81. The van der Waals surface area contributed by atoms with E-state index < -0.39 is 12.9 Å². The van der Waals surface area contributed by atoms with Crippen LogP contribution in [0.3, 0.4) is 0 Å². The number of hydrogen-bond acceptors (Lipinski definition) is 4. The molecule has 1 unspecified atom stereocenters. The van der Waals surface area contributed by atoms with Gasteiger partial charge in [0.25, 0.3) is 0 Å². The molecule has 0 spiro atoms.